The maximum atomic E-state index is 10.5. The van der Waals surface area contributed by atoms with Gasteiger partial charge in [0.05, 0.1) is 11.3 Å². The van der Waals surface area contributed by atoms with Crippen LogP contribution in [0.25, 0.3) is 0 Å². The number of rotatable bonds is 2. The number of hydrogen-bond donors (Lipinski definition) is 4. The molecule has 1 aromatic rings. The molecule has 0 atom stereocenters. The minimum absolute atomic E-state index is 0.0630. The highest BCUT2D eigenvalue weighted by molar-refractivity contribution is 5.88. The molecule has 0 saturated heterocycles. The van der Waals surface area contributed by atoms with E-state index in [4.69, 9.17) is 16.7 Å². The Kier molecular flexibility index (Phi) is 3.03. The van der Waals surface area contributed by atoms with E-state index in [1.807, 2.05) is 0 Å². The van der Waals surface area contributed by atoms with E-state index >= 15 is 0 Å². The minimum Gasteiger partial charge on any atom is -0.478 e. The summed E-state index contributed by atoms with van der Waals surface area (Å²) in [5.74, 6) is 4.08. The summed E-state index contributed by atoms with van der Waals surface area (Å²) < 4.78 is 0. The van der Waals surface area contributed by atoms with E-state index in [0.29, 0.717) is 5.69 Å². The number of aliphatic imine (C=N–C) groups is 1. The summed E-state index contributed by atoms with van der Waals surface area (Å²) in [7, 11) is 0. The highest BCUT2D eigenvalue weighted by Crippen LogP contribution is 2.12. The number of nitrogens with two attached hydrogens (primary N) is 2. The van der Waals surface area contributed by atoms with Crippen LogP contribution in [0.3, 0.4) is 0 Å². The van der Waals surface area contributed by atoms with Gasteiger partial charge in [0.2, 0.25) is 5.96 Å². The number of carboxylic acid groups (broad SMARTS) is 1. The third-order valence-electron chi connectivity index (χ3n) is 1.51. The second-order valence-corrected chi connectivity index (χ2v) is 2.49. The normalized spacial score (nSPS) is 11.1. The Balaban J connectivity index is 2.89. The molecule has 6 heteroatoms. The lowest BCUT2D eigenvalue weighted by Crippen LogP contribution is -2.36. The van der Waals surface area contributed by atoms with E-state index in [9.17, 15) is 4.79 Å². The number of benzene rings is 1. The van der Waals surface area contributed by atoms with Gasteiger partial charge in [0, 0.05) is 0 Å². The molecule has 0 amide bonds. The van der Waals surface area contributed by atoms with Crippen molar-refractivity contribution in [3.8, 4) is 0 Å². The predicted molar refractivity (Wildman–Crippen MR) is 52.0 cm³/mol. The van der Waals surface area contributed by atoms with E-state index in [-0.39, 0.29) is 11.5 Å². The Morgan fingerprint density at radius 1 is 1.36 bits per heavy atom. The zero-order chi connectivity index (χ0) is 10.6. The lowest BCUT2D eigenvalue weighted by Gasteiger charge is -1.98. The van der Waals surface area contributed by atoms with Crippen LogP contribution in [-0.4, -0.2) is 17.0 Å². The third kappa shape index (κ3) is 2.46. The largest absolute Gasteiger partial charge is 0.478 e. The van der Waals surface area contributed by atoms with Crippen LogP contribution >= 0.6 is 0 Å². The van der Waals surface area contributed by atoms with Crippen LogP contribution in [0.5, 0.6) is 0 Å². The van der Waals surface area contributed by atoms with Gasteiger partial charge in [0.15, 0.2) is 0 Å². The van der Waals surface area contributed by atoms with Crippen molar-refractivity contribution in [3.05, 3.63) is 29.8 Å². The molecule has 0 aliphatic rings. The Morgan fingerprint density at radius 2 is 1.93 bits per heavy atom. The first-order chi connectivity index (χ1) is 6.63. The Hall–Kier alpha value is -2.08. The molecule has 6 N–H and O–H groups in total. The van der Waals surface area contributed by atoms with E-state index in [1.165, 1.54) is 24.3 Å². The molecule has 0 fully saturated rings. The summed E-state index contributed by atoms with van der Waals surface area (Å²) in [6, 6.07) is 5.94. The second-order valence-electron chi connectivity index (χ2n) is 2.49. The number of nitrogens with one attached hydrogen (secondary N) is 1. The number of carboxylic acids is 1. The molecule has 0 saturated carbocycles. The third-order valence-corrected chi connectivity index (χ3v) is 1.51. The fourth-order valence-electron chi connectivity index (χ4n) is 0.850. The molecule has 0 radical (unpaired) electrons. The Morgan fingerprint density at radius 3 is 2.36 bits per heavy atom. The molecule has 0 aliphatic heterocycles. The monoisotopic (exact) mass is 194 g/mol. The molecule has 0 heterocycles. The number of nitrogens with zero attached hydrogens (tertiary/aromatic N) is 1. The number of hydrazine groups is 1. The quantitative estimate of drug-likeness (QED) is 0.225. The minimum atomic E-state index is -0.981. The van der Waals surface area contributed by atoms with Crippen LogP contribution in [-0.2, 0) is 0 Å². The van der Waals surface area contributed by atoms with Crippen LogP contribution in [0.2, 0.25) is 0 Å². The zero-order valence-corrected chi connectivity index (χ0v) is 7.27. The summed E-state index contributed by atoms with van der Waals surface area (Å²) in [5.41, 5.74) is 8.19. The Labute approximate surface area is 80.2 Å². The summed E-state index contributed by atoms with van der Waals surface area (Å²) in [6.45, 7) is 0. The van der Waals surface area contributed by atoms with Crippen LogP contribution < -0.4 is 17.0 Å². The zero-order valence-electron chi connectivity index (χ0n) is 7.27. The maximum absolute atomic E-state index is 10.5. The molecule has 14 heavy (non-hydrogen) atoms. The molecular weight excluding hydrogens is 184 g/mol. The fraction of sp³-hybridized carbons (Fsp3) is 0. The van der Waals surface area contributed by atoms with Gasteiger partial charge in [-0.3, -0.25) is 5.43 Å². The van der Waals surface area contributed by atoms with Crippen molar-refractivity contribution in [2.75, 3.05) is 0 Å². The van der Waals surface area contributed by atoms with Crippen molar-refractivity contribution >= 4 is 17.6 Å². The van der Waals surface area contributed by atoms with E-state index < -0.39 is 5.97 Å². The van der Waals surface area contributed by atoms with Gasteiger partial charge in [0.1, 0.15) is 0 Å². The van der Waals surface area contributed by atoms with Crippen LogP contribution in [0.4, 0.5) is 5.69 Å². The van der Waals surface area contributed by atoms with Crippen molar-refractivity contribution in [1.82, 2.24) is 5.43 Å². The second kappa shape index (κ2) is 4.24. The summed E-state index contributed by atoms with van der Waals surface area (Å²) >= 11 is 0. The number of aromatic carboxylic acids is 1. The average molecular weight is 194 g/mol. The highest BCUT2D eigenvalue weighted by Gasteiger charge is 2.00. The van der Waals surface area contributed by atoms with Crippen molar-refractivity contribution in [3.63, 3.8) is 0 Å². The maximum Gasteiger partial charge on any atom is 0.335 e. The molecule has 0 unspecified atom stereocenters. The highest BCUT2D eigenvalue weighted by atomic mass is 16.4. The number of guanidine groups is 1. The molecule has 0 spiro atoms. The molecule has 74 valence electrons. The van der Waals surface area contributed by atoms with Gasteiger partial charge < -0.3 is 10.8 Å². The van der Waals surface area contributed by atoms with Crippen molar-refractivity contribution < 1.29 is 9.90 Å². The lowest BCUT2D eigenvalue weighted by atomic mass is 10.2. The van der Waals surface area contributed by atoms with E-state index in [1.54, 1.807) is 0 Å². The number of hydrogen-bond acceptors (Lipinski definition) is 3. The van der Waals surface area contributed by atoms with Crippen molar-refractivity contribution in [2.24, 2.45) is 16.6 Å². The average Bonchev–Trinajstić information content (AvgIpc) is 2.18. The van der Waals surface area contributed by atoms with E-state index in [0.717, 1.165) is 0 Å². The first kappa shape index (κ1) is 10.0. The Bertz CT molecular complexity index is 358. The van der Waals surface area contributed by atoms with Gasteiger partial charge >= 0.3 is 5.97 Å². The van der Waals surface area contributed by atoms with Gasteiger partial charge in [-0.2, -0.15) is 0 Å². The first-order valence-corrected chi connectivity index (χ1v) is 3.77. The molecule has 6 nitrogen and oxygen atoms in total. The fourth-order valence-corrected chi connectivity index (χ4v) is 0.850. The van der Waals surface area contributed by atoms with Crippen molar-refractivity contribution in [1.29, 1.82) is 0 Å². The summed E-state index contributed by atoms with van der Waals surface area (Å²) in [5, 5.41) is 8.61. The summed E-state index contributed by atoms with van der Waals surface area (Å²) in [6.07, 6.45) is 0. The number of carbonyl (C=O) groups is 1. The van der Waals surface area contributed by atoms with Gasteiger partial charge in [-0.15, -0.1) is 0 Å². The molecular formula is C8H10N4O2. The summed E-state index contributed by atoms with van der Waals surface area (Å²) in [4.78, 5) is 14.3. The lowest BCUT2D eigenvalue weighted by molar-refractivity contribution is 0.0697. The van der Waals surface area contributed by atoms with Gasteiger partial charge in [-0.25, -0.2) is 15.6 Å². The van der Waals surface area contributed by atoms with Gasteiger partial charge in [-0.05, 0) is 24.3 Å². The topological polar surface area (TPSA) is 114 Å². The van der Waals surface area contributed by atoms with Crippen LogP contribution in [0.1, 0.15) is 10.4 Å². The molecule has 0 aliphatic carbocycles. The molecule has 1 rings (SSSR count). The first-order valence-electron chi connectivity index (χ1n) is 3.77. The molecule has 0 bridgehead atoms. The smallest absolute Gasteiger partial charge is 0.335 e. The van der Waals surface area contributed by atoms with E-state index in [2.05, 4.69) is 10.4 Å². The van der Waals surface area contributed by atoms with Crippen LogP contribution in [0, 0.1) is 0 Å². The predicted octanol–water partition coefficient (Wildman–Crippen LogP) is -0.206. The van der Waals surface area contributed by atoms with Crippen molar-refractivity contribution in [2.45, 2.75) is 0 Å². The van der Waals surface area contributed by atoms with Gasteiger partial charge in [-0.1, -0.05) is 0 Å². The standard InChI is InChI=1S/C8H10N4O2/c9-8(12-10)11-6-3-1-5(2-4-6)7(13)14/h1-4H,10H2,(H,13,14)(H3,9,11,12). The van der Waals surface area contributed by atoms with Crippen LogP contribution in [0.15, 0.2) is 29.3 Å². The molecule has 1 aromatic carbocycles. The van der Waals surface area contributed by atoms with Gasteiger partial charge in [0.25, 0.3) is 0 Å². The molecule has 0 aromatic heterocycles. The SMILES string of the molecule is NNC(N)=Nc1ccc(C(=O)O)cc1.